The average molecular weight is 363 g/mol. The largest absolute Gasteiger partial charge is 0.316 e. The third-order valence-corrected chi connectivity index (χ3v) is 5.29. The molecular formula is C14H23BrN2O2S. The fraction of sp³-hybridized carbons (Fsp3) is 0.571. The molecule has 0 aromatic heterocycles. The molecule has 4 nitrogen and oxygen atoms in total. The Bertz CT molecular complexity index is 551. The van der Waals surface area contributed by atoms with E-state index in [4.69, 9.17) is 0 Å². The van der Waals surface area contributed by atoms with Gasteiger partial charge in [0.05, 0.1) is 4.90 Å². The molecule has 1 aromatic rings. The van der Waals surface area contributed by atoms with Gasteiger partial charge in [0.15, 0.2) is 0 Å². The van der Waals surface area contributed by atoms with Crippen LogP contribution in [0.3, 0.4) is 0 Å². The Kier molecular flexibility index (Phi) is 6.19. The minimum absolute atomic E-state index is 0.105. The molecule has 6 heteroatoms. The Labute approximate surface area is 130 Å². The van der Waals surface area contributed by atoms with E-state index in [0.717, 1.165) is 12.0 Å². The van der Waals surface area contributed by atoms with E-state index in [1.54, 1.807) is 12.1 Å². The molecule has 0 atom stereocenters. The van der Waals surface area contributed by atoms with Crippen LogP contribution >= 0.6 is 15.9 Å². The van der Waals surface area contributed by atoms with Gasteiger partial charge in [-0.3, -0.25) is 0 Å². The highest BCUT2D eigenvalue weighted by atomic mass is 79.9. The van der Waals surface area contributed by atoms with Gasteiger partial charge < -0.3 is 5.32 Å². The first-order chi connectivity index (χ1) is 9.15. The Morgan fingerprint density at radius 3 is 2.45 bits per heavy atom. The molecular weight excluding hydrogens is 340 g/mol. The van der Waals surface area contributed by atoms with Gasteiger partial charge in [-0.25, -0.2) is 13.1 Å². The quantitative estimate of drug-likeness (QED) is 0.817. The van der Waals surface area contributed by atoms with Crippen molar-refractivity contribution >= 4 is 26.0 Å². The number of nitrogens with one attached hydrogen (secondary N) is 2. The maximum absolute atomic E-state index is 12.3. The Balaban J connectivity index is 2.89. The van der Waals surface area contributed by atoms with Gasteiger partial charge in [-0.1, -0.05) is 26.8 Å². The van der Waals surface area contributed by atoms with Crippen LogP contribution in [0.1, 0.15) is 32.8 Å². The lowest BCUT2D eigenvalue weighted by Gasteiger charge is -2.18. The maximum atomic E-state index is 12.3. The molecule has 0 amide bonds. The van der Waals surface area contributed by atoms with Crippen molar-refractivity contribution in [1.82, 2.24) is 10.0 Å². The van der Waals surface area contributed by atoms with Crippen LogP contribution in [0.15, 0.2) is 27.6 Å². The molecule has 0 bridgehead atoms. The summed E-state index contributed by atoms with van der Waals surface area (Å²) in [6, 6.07) is 5.36. The zero-order chi connectivity index (χ0) is 15.4. The molecule has 0 aliphatic rings. The van der Waals surface area contributed by atoms with Crippen molar-refractivity contribution in [3.63, 3.8) is 0 Å². The lowest BCUT2D eigenvalue weighted by molar-refractivity contribution is 0.378. The Hall–Kier alpha value is -0.430. The van der Waals surface area contributed by atoms with Gasteiger partial charge in [0, 0.05) is 17.6 Å². The monoisotopic (exact) mass is 362 g/mol. The summed E-state index contributed by atoms with van der Waals surface area (Å²) >= 11 is 3.31. The summed E-state index contributed by atoms with van der Waals surface area (Å²) in [6.45, 7) is 7.34. The second kappa shape index (κ2) is 7.02. The second-order valence-corrected chi connectivity index (χ2v) is 8.59. The first-order valence-electron chi connectivity index (χ1n) is 6.58. The third kappa shape index (κ3) is 5.52. The van der Waals surface area contributed by atoms with Crippen molar-refractivity contribution in [2.75, 3.05) is 13.6 Å². The summed E-state index contributed by atoms with van der Waals surface area (Å²) in [5, 5.41) is 3.01. The molecule has 0 saturated heterocycles. The van der Waals surface area contributed by atoms with E-state index in [9.17, 15) is 8.42 Å². The minimum atomic E-state index is -3.48. The predicted molar refractivity (Wildman–Crippen MR) is 86.2 cm³/mol. The van der Waals surface area contributed by atoms with Gasteiger partial charge in [-0.15, -0.1) is 0 Å². The van der Waals surface area contributed by atoms with Gasteiger partial charge in [-0.05, 0) is 52.5 Å². The SMILES string of the molecule is CNCc1ccc(Br)c(S(=O)(=O)NCCC(C)(C)C)c1. The standard InChI is InChI=1S/C14H23BrN2O2S/c1-14(2,3)7-8-17-20(18,19)13-9-11(10-16-4)5-6-12(13)15/h5-6,9,16-17H,7-8,10H2,1-4H3. The second-order valence-electron chi connectivity index (χ2n) is 6.00. The Morgan fingerprint density at radius 2 is 1.90 bits per heavy atom. The zero-order valence-corrected chi connectivity index (χ0v) is 14.9. The van der Waals surface area contributed by atoms with E-state index in [2.05, 4.69) is 46.7 Å². The number of hydrogen-bond acceptors (Lipinski definition) is 3. The smallest absolute Gasteiger partial charge is 0.241 e. The molecule has 114 valence electrons. The van der Waals surface area contributed by atoms with Gasteiger partial charge in [-0.2, -0.15) is 0 Å². The first-order valence-corrected chi connectivity index (χ1v) is 8.86. The van der Waals surface area contributed by atoms with Crippen molar-refractivity contribution in [2.24, 2.45) is 5.41 Å². The first kappa shape index (κ1) is 17.6. The summed E-state index contributed by atoms with van der Waals surface area (Å²) in [5.74, 6) is 0. The van der Waals surface area contributed by atoms with Crippen LogP contribution < -0.4 is 10.0 Å². The van der Waals surface area contributed by atoms with Crippen molar-refractivity contribution in [1.29, 1.82) is 0 Å². The number of benzene rings is 1. The third-order valence-electron chi connectivity index (χ3n) is 2.83. The number of hydrogen-bond donors (Lipinski definition) is 2. The molecule has 0 aliphatic heterocycles. The molecule has 0 spiro atoms. The molecule has 0 unspecified atom stereocenters. The molecule has 2 N–H and O–H groups in total. The van der Waals surface area contributed by atoms with Gasteiger partial charge in [0.1, 0.15) is 0 Å². The summed E-state index contributed by atoms with van der Waals surface area (Å²) in [5.41, 5.74) is 1.04. The maximum Gasteiger partial charge on any atom is 0.241 e. The van der Waals surface area contributed by atoms with Crippen molar-refractivity contribution in [3.8, 4) is 0 Å². The van der Waals surface area contributed by atoms with E-state index in [-0.39, 0.29) is 5.41 Å². The highest BCUT2D eigenvalue weighted by Crippen LogP contribution is 2.24. The van der Waals surface area contributed by atoms with Crippen LogP contribution in [0.2, 0.25) is 0 Å². The van der Waals surface area contributed by atoms with E-state index in [1.807, 2.05) is 13.1 Å². The van der Waals surface area contributed by atoms with Crippen LogP contribution in [-0.2, 0) is 16.6 Å². The summed E-state index contributed by atoms with van der Waals surface area (Å²) in [4.78, 5) is 0.291. The fourth-order valence-corrected chi connectivity index (χ4v) is 3.75. The van der Waals surface area contributed by atoms with Crippen LogP contribution in [0.4, 0.5) is 0 Å². The van der Waals surface area contributed by atoms with Crippen molar-refractivity contribution in [3.05, 3.63) is 28.2 Å². The molecule has 0 aliphatic carbocycles. The lowest BCUT2D eigenvalue weighted by atomic mass is 9.93. The van der Waals surface area contributed by atoms with Crippen molar-refractivity contribution in [2.45, 2.75) is 38.6 Å². The minimum Gasteiger partial charge on any atom is -0.316 e. The van der Waals surface area contributed by atoms with Gasteiger partial charge >= 0.3 is 0 Å². The molecule has 1 aromatic carbocycles. The van der Waals surface area contributed by atoms with Crippen LogP contribution in [0, 0.1) is 5.41 Å². The summed E-state index contributed by atoms with van der Waals surface area (Å²) < 4.78 is 27.9. The van der Waals surface area contributed by atoms with E-state index in [0.29, 0.717) is 22.5 Å². The highest BCUT2D eigenvalue weighted by molar-refractivity contribution is 9.10. The molecule has 0 saturated carbocycles. The number of sulfonamides is 1. The van der Waals surface area contributed by atoms with Crippen molar-refractivity contribution < 1.29 is 8.42 Å². The van der Waals surface area contributed by atoms with Gasteiger partial charge in [0.25, 0.3) is 0 Å². The molecule has 20 heavy (non-hydrogen) atoms. The number of rotatable bonds is 6. The highest BCUT2D eigenvalue weighted by Gasteiger charge is 2.19. The number of halogens is 1. The summed E-state index contributed by atoms with van der Waals surface area (Å²) in [7, 11) is -1.65. The van der Waals surface area contributed by atoms with E-state index < -0.39 is 10.0 Å². The molecule has 0 fully saturated rings. The zero-order valence-electron chi connectivity index (χ0n) is 12.5. The van der Waals surface area contributed by atoms with Crippen LogP contribution in [0.25, 0.3) is 0 Å². The van der Waals surface area contributed by atoms with Crippen LogP contribution in [0.5, 0.6) is 0 Å². The Morgan fingerprint density at radius 1 is 1.25 bits per heavy atom. The van der Waals surface area contributed by atoms with E-state index >= 15 is 0 Å². The van der Waals surface area contributed by atoms with Crippen LogP contribution in [-0.4, -0.2) is 22.0 Å². The molecule has 1 rings (SSSR count). The average Bonchev–Trinajstić information content (AvgIpc) is 2.29. The fourth-order valence-electron chi connectivity index (χ4n) is 1.71. The molecule has 0 heterocycles. The van der Waals surface area contributed by atoms with E-state index in [1.165, 1.54) is 0 Å². The van der Waals surface area contributed by atoms with Gasteiger partial charge in [0.2, 0.25) is 10.0 Å². The normalized spacial score (nSPS) is 12.7. The topological polar surface area (TPSA) is 58.2 Å². The molecule has 0 radical (unpaired) electrons. The predicted octanol–water partition coefficient (Wildman–Crippen LogP) is 2.88. The lowest BCUT2D eigenvalue weighted by Crippen LogP contribution is -2.28. The summed E-state index contributed by atoms with van der Waals surface area (Å²) in [6.07, 6.45) is 0.792.